The topological polar surface area (TPSA) is 0 Å². The molecule has 0 N–H and O–H groups in total. The van der Waals surface area contributed by atoms with Crippen molar-refractivity contribution in [1.29, 1.82) is 0 Å². The molecule has 0 unspecified atom stereocenters. The maximum atomic E-state index is 2.30. The molecule has 0 amide bonds. The van der Waals surface area contributed by atoms with Crippen molar-refractivity contribution in [1.82, 2.24) is 0 Å². The van der Waals surface area contributed by atoms with E-state index in [0.29, 0.717) is 0 Å². The summed E-state index contributed by atoms with van der Waals surface area (Å²) in [4.78, 5) is 0. The van der Waals surface area contributed by atoms with Gasteiger partial charge in [0.2, 0.25) is 0 Å². The van der Waals surface area contributed by atoms with Gasteiger partial charge < -0.3 is 0 Å². The van der Waals surface area contributed by atoms with Crippen molar-refractivity contribution in [2.24, 2.45) is 16.2 Å². The van der Waals surface area contributed by atoms with Gasteiger partial charge in [0.15, 0.2) is 0 Å². The molecule has 0 bridgehead atoms. The van der Waals surface area contributed by atoms with Gasteiger partial charge in [-0.25, -0.2) is 0 Å². The fourth-order valence-electron chi connectivity index (χ4n) is 2.63. The molecule has 0 heterocycles. The van der Waals surface area contributed by atoms with Crippen molar-refractivity contribution in [2.45, 2.75) is 41.5 Å². The van der Waals surface area contributed by atoms with Crippen LogP contribution in [0, 0.1) is 16.2 Å². The van der Waals surface area contributed by atoms with Crippen molar-refractivity contribution < 1.29 is 0 Å². The molecule has 0 fully saturated rings. The van der Waals surface area contributed by atoms with E-state index in [1.54, 1.807) is 0 Å². The van der Waals surface area contributed by atoms with Crippen LogP contribution in [-0.4, -0.2) is 0 Å². The van der Waals surface area contributed by atoms with E-state index in [1.807, 2.05) is 0 Å². The Morgan fingerprint density at radius 1 is 0.667 bits per heavy atom. The number of allylic oxidation sites excluding steroid dienone is 12. The highest BCUT2D eigenvalue weighted by Crippen LogP contribution is 2.40. The highest BCUT2D eigenvalue weighted by molar-refractivity contribution is 5.46. The summed E-state index contributed by atoms with van der Waals surface area (Å²) in [6.07, 6.45) is 22.6. The van der Waals surface area contributed by atoms with Crippen molar-refractivity contribution >= 4 is 0 Å². The lowest BCUT2D eigenvalue weighted by Crippen LogP contribution is -2.16. The molecule has 2 aliphatic rings. The first-order valence-electron chi connectivity index (χ1n) is 7.81. The molecule has 0 aliphatic heterocycles. The number of rotatable bonds is 2. The lowest BCUT2D eigenvalue weighted by molar-refractivity contribution is 0.561. The van der Waals surface area contributed by atoms with Crippen LogP contribution in [0.1, 0.15) is 41.5 Å². The van der Waals surface area contributed by atoms with Crippen molar-refractivity contribution in [3.8, 4) is 0 Å². The second-order valence-corrected chi connectivity index (χ2v) is 7.90. The van der Waals surface area contributed by atoms with Crippen LogP contribution < -0.4 is 0 Å². The van der Waals surface area contributed by atoms with Gasteiger partial charge in [-0.3, -0.25) is 0 Å². The van der Waals surface area contributed by atoms with Crippen LogP contribution in [0.15, 0.2) is 71.9 Å². The van der Waals surface area contributed by atoms with Gasteiger partial charge in [-0.1, -0.05) is 102 Å². The molecule has 2 rings (SSSR count). The summed E-state index contributed by atoms with van der Waals surface area (Å²) in [5.74, 6) is 0. The van der Waals surface area contributed by atoms with Crippen LogP contribution >= 0.6 is 0 Å². The molecular formula is C21H28. The van der Waals surface area contributed by atoms with E-state index in [2.05, 4.69) is 102 Å². The van der Waals surface area contributed by atoms with Crippen LogP contribution in [-0.2, 0) is 0 Å². The fourth-order valence-corrected chi connectivity index (χ4v) is 2.63. The molecule has 0 aromatic heterocycles. The van der Waals surface area contributed by atoms with Crippen molar-refractivity contribution in [2.75, 3.05) is 0 Å². The maximum absolute atomic E-state index is 2.30. The van der Waals surface area contributed by atoms with Gasteiger partial charge in [-0.2, -0.15) is 0 Å². The average molecular weight is 280 g/mol. The van der Waals surface area contributed by atoms with Crippen LogP contribution in [0.4, 0.5) is 0 Å². The Hall–Kier alpha value is -1.56. The Bertz CT molecular complexity index is 530. The quantitative estimate of drug-likeness (QED) is 0.567. The molecule has 0 spiro atoms. The molecule has 0 atom stereocenters. The van der Waals surface area contributed by atoms with Gasteiger partial charge in [0.1, 0.15) is 0 Å². The normalized spacial score (nSPS) is 23.3. The third-order valence-electron chi connectivity index (χ3n) is 4.43. The largest absolute Gasteiger partial charge is 0.0751 e. The molecule has 0 radical (unpaired) electrons. The summed E-state index contributed by atoms with van der Waals surface area (Å²) in [6, 6.07) is 0. The molecule has 0 saturated heterocycles. The number of hydrogen-bond acceptors (Lipinski definition) is 0. The smallest absolute Gasteiger partial charge is 0.0146 e. The third-order valence-corrected chi connectivity index (χ3v) is 4.43. The highest BCUT2D eigenvalue weighted by atomic mass is 14.3. The SMILES string of the molecule is CC1(C)C=CC=C(C(C)(C)C2=CC=CC(C)(C)C=C2)C=C1. The zero-order valence-electron chi connectivity index (χ0n) is 14.3. The molecule has 0 aromatic carbocycles. The van der Waals surface area contributed by atoms with Gasteiger partial charge >= 0.3 is 0 Å². The van der Waals surface area contributed by atoms with E-state index in [0.717, 1.165) is 0 Å². The highest BCUT2D eigenvalue weighted by Gasteiger charge is 2.27. The Morgan fingerprint density at radius 2 is 1.05 bits per heavy atom. The molecule has 0 saturated carbocycles. The van der Waals surface area contributed by atoms with Crippen LogP contribution in [0.3, 0.4) is 0 Å². The zero-order chi connectivity index (χ0) is 15.7. The Balaban J connectivity index is 2.36. The molecule has 0 aromatic rings. The van der Waals surface area contributed by atoms with Crippen molar-refractivity contribution in [3.05, 3.63) is 71.9 Å². The average Bonchev–Trinajstić information content (AvgIpc) is 2.64. The van der Waals surface area contributed by atoms with E-state index in [9.17, 15) is 0 Å². The third kappa shape index (κ3) is 3.75. The predicted octanol–water partition coefficient (Wildman–Crippen LogP) is 6.17. The predicted molar refractivity (Wildman–Crippen MR) is 94.1 cm³/mol. The summed E-state index contributed by atoms with van der Waals surface area (Å²) in [5.41, 5.74) is 2.97. The first-order chi connectivity index (χ1) is 9.62. The van der Waals surface area contributed by atoms with Crippen LogP contribution in [0.25, 0.3) is 0 Å². The van der Waals surface area contributed by atoms with Crippen LogP contribution in [0.5, 0.6) is 0 Å². The molecule has 0 nitrogen and oxygen atoms in total. The van der Waals surface area contributed by atoms with Gasteiger partial charge in [0.25, 0.3) is 0 Å². The molecule has 2 aliphatic carbocycles. The van der Waals surface area contributed by atoms with Gasteiger partial charge in [-0.15, -0.1) is 0 Å². The minimum atomic E-state index is 0.00250. The number of hydrogen-bond donors (Lipinski definition) is 0. The lowest BCUT2D eigenvalue weighted by Gasteiger charge is -2.28. The summed E-state index contributed by atoms with van der Waals surface area (Å²) in [7, 11) is 0. The minimum Gasteiger partial charge on any atom is -0.0751 e. The summed E-state index contributed by atoms with van der Waals surface area (Å²) >= 11 is 0. The van der Waals surface area contributed by atoms with Crippen molar-refractivity contribution in [3.63, 3.8) is 0 Å². The molecule has 21 heavy (non-hydrogen) atoms. The van der Waals surface area contributed by atoms with E-state index < -0.39 is 0 Å². The fraction of sp³-hybridized carbons (Fsp3) is 0.429. The van der Waals surface area contributed by atoms with Gasteiger partial charge in [0.05, 0.1) is 0 Å². The van der Waals surface area contributed by atoms with E-state index in [1.165, 1.54) is 11.1 Å². The first kappa shape index (κ1) is 15.8. The van der Waals surface area contributed by atoms with Gasteiger partial charge in [0, 0.05) is 16.2 Å². The van der Waals surface area contributed by atoms with E-state index >= 15 is 0 Å². The zero-order valence-corrected chi connectivity index (χ0v) is 14.3. The standard InChI is InChI=1S/C21H28/c1-19(2)13-7-9-17(11-15-19)21(5,6)18-10-8-14-20(3,4)16-12-18/h7-16H,1-6H3. The summed E-state index contributed by atoms with van der Waals surface area (Å²) in [6.45, 7) is 13.6. The van der Waals surface area contributed by atoms with E-state index in [4.69, 9.17) is 0 Å². The molecule has 112 valence electrons. The monoisotopic (exact) mass is 280 g/mol. The van der Waals surface area contributed by atoms with Crippen LogP contribution in [0.2, 0.25) is 0 Å². The molecular weight excluding hydrogens is 252 g/mol. The Morgan fingerprint density at radius 3 is 1.43 bits per heavy atom. The van der Waals surface area contributed by atoms with Gasteiger partial charge in [-0.05, 0) is 11.1 Å². The second kappa shape index (κ2) is 5.33. The second-order valence-electron chi connectivity index (χ2n) is 7.90. The lowest BCUT2D eigenvalue weighted by atomic mass is 9.76. The summed E-state index contributed by atoms with van der Waals surface area (Å²) in [5, 5.41) is 0. The Kier molecular flexibility index (Phi) is 4.02. The minimum absolute atomic E-state index is 0.00250. The maximum Gasteiger partial charge on any atom is 0.0146 e. The summed E-state index contributed by atoms with van der Waals surface area (Å²) < 4.78 is 0. The Labute approximate surface area is 130 Å². The molecule has 0 heteroatoms. The first-order valence-corrected chi connectivity index (χ1v) is 7.81. The van der Waals surface area contributed by atoms with E-state index in [-0.39, 0.29) is 16.2 Å².